The Hall–Kier alpha value is -9.25. The number of nitrogens with zero attached hydrogens (tertiary/aromatic N) is 3. The molecule has 0 bridgehead atoms. The molecule has 6 heteroatoms. The van der Waals surface area contributed by atoms with Crippen LogP contribution in [0.2, 0.25) is 0 Å². The fourth-order valence-corrected chi connectivity index (χ4v) is 12.4. The van der Waals surface area contributed by atoms with Crippen molar-refractivity contribution in [2.45, 2.75) is 34.6 Å². The van der Waals surface area contributed by atoms with Crippen LogP contribution in [0.5, 0.6) is 0 Å². The molecule has 0 atom stereocenters. The first-order valence-corrected chi connectivity index (χ1v) is 28.6. The number of aromatic nitrogens is 3. The van der Waals surface area contributed by atoms with Gasteiger partial charge < -0.3 is 14.4 Å². The van der Waals surface area contributed by atoms with E-state index in [1.165, 1.54) is 72.3 Å². The van der Waals surface area contributed by atoms with E-state index in [9.17, 15) is 0 Å². The van der Waals surface area contributed by atoms with Crippen LogP contribution in [0.25, 0.3) is 145 Å². The first-order chi connectivity index (χ1) is 41.2. The number of rotatable bonds is 11. The molecule has 86 heavy (non-hydrogen) atoms. The molecule has 14 rings (SSSR count). The molecule has 0 saturated heterocycles. The molecule has 0 amide bonds. The van der Waals surface area contributed by atoms with E-state index in [0.29, 0.717) is 5.71 Å². The maximum atomic E-state index is 6.34. The number of hydrogen-bond acceptors (Lipinski definition) is 4. The average molecular weight is 1460 g/mol. The summed E-state index contributed by atoms with van der Waals surface area (Å²) in [7, 11) is 0. The summed E-state index contributed by atoms with van der Waals surface area (Å²) in [6.07, 6.45) is 4.05. The maximum Gasteiger partial charge on any atom is 0.216 e. The monoisotopic (exact) mass is 1460 g/mol. The number of fused-ring (bicyclic) bond motifs is 3. The van der Waals surface area contributed by atoms with Crippen molar-refractivity contribution in [1.29, 1.82) is 0 Å². The van der Waals surface area contributed by atoms with Crippen molar-refractivity contribution >= 4 is 22.1 Å². The largest absolute Gasteiger partial charge is 0.486 e. The van der Waals surface area contributed by atoms with Crippen molar-refractivity contribution in [2.75, 3.05) is 0 Å². The number of hydrogen-bond donors (Lipinski definition) is 0. The molecule has 14 aromatic rings. The molecule has 4 heterocycles. The second kappa shape index (κ2) is 24.4. The molecule has 2 radical (unpaired) electrons. The second-order valence-corrected chi connectivity index (χ2v) is 21.9. The number of pyridine rings is 3. The van der Waals surface area contributed by atoms with Gasteiger partial charge in [-0.25, -0.2) is 4.98 Å². The van der Waals surface area contributed by atoms with Gasteiger partial charge in [-0.1, -0.05) is 187 Å². The van der Waals surface area contributed by atoms with Crippen LogP contribution in [0.4, 0.5) is 0 Å². The smallest absolute Gasteiger partial charge is 0.216 e. The molecule has 4 aromatic heterocycles. The van der Waals surface area contributed by atoms with Crippen LogP contribution in [0.1, 0.15) is 27.9 Å². The Morgan fingerprint density at radius 2 is 0.826 bits per heavy atom. The predicted molar refractivity (Wildman–Crippen MR) is 348 cm³/mol. The number of benzene rings is 10. The van der Waals surface area contributed by atoms with Crippen molar-refractivity contribution in [3.05, 3.63) is 295 Å². The van der Waals surface area contributed by atoms with Crippen LogP contribution in [0, 0.1) is 46.8 Å². The first kappa shape index (κ1) is 57.2. The first-order valence-electron chi connectivity index (χ1n) is 28.6. The predicted octanol–water partition coefficient (Wildman–Crippen LogP) is 21.2. The van der Waals surface area contributed by atoms with E-state index in [1.807, 2.05) is 37.4 Å². The molecule has 0 aliphatic heterocycles. The van der Waals surface area contributed by atoms with Gasteiger partial charge in [0.2, 0.25) is 5.71 Å². The molecule has 418 valence electrons. The second-order valence-electron chi connectivity index (χ2n) is 21.9. The van der Waals surface area contributed by atoms with Gasteiger partial charge in [0.15, 0.2) is 0 Å². The SMILES string of the molecule is Cc1ccc2c(n1)oc1c(-c3ccc(-c4ccccc4-c4c(C)c(C)c(-c5ccccc5-c5cnc(-c6[c-]ccc(-c7cccc(-c8cc(-c9ccccc9)cc(-c9ccccc9)c8)c7)c6)cc5-c5ccccc5)c(C)c4C)cn3)[c-]ccc12.[Ir].[Ir]. The molecule has 0 N–H and O–H groups in total. The fourth-order valence-electron chi connectivity index (χ4n) is 12.4. The Bertz CT molecular complexity index is 4740. The van der Waals surface area contributed by atoms with E-state index < -0.39 is 0 Å². The van der Waals surface area contributed by atoms with Crippen LogP contribution in [0.3, 0.4) is 0 Å². The summed E-state index contributed by atoms with van der Waals surface area (Å²) < 4.78 is 6.34. The average Bonchev–Trinajstić information content (AvgIpc) is 1.39. The Kier molecular flexibility index (Phi) is 16.2. The van der Waals surface area contributed by atoms with E-state index in [4.69, 9.17) is 14.4 Å². The van der Waals surface area contributed by atoms with E-state index >= 15 is 0 Å². The summed E-state index contributed by atoms with van der Waals surface area (Å²) in [6, 6.07) is 93.3. The summed E-state index contributed by atoms with van der Waals surface area (Å²) in [5.41, 5.74) is 31.4. The van der Waals surface area contributed by atoms with Crippen LogP contribution in [-0.4, -0.2) is 15.0 Å². The van der Waals surface area contributed by atoms with Crippen molar-refractivity contribution in [2.24, 2.45) is 0 Å². The minimum absolute atomic E-state index is 0. The van der Waals surface area contributed by atoms with E-state index in [1.54, 1.807) is 0 Å². The number of aryl methyl sites for hydroxylation is 1. The Balaban J connectivity index is 0.00000362. The summed E-state index contributed by atoms with van der Waals surface area (Å²) in [5, 5.41) is 1.99. The summed E-state index contributed by atoms with van der Waals surface area (Å²) in [4.78, 5) is 15.0. The van der Waals surface area contributed by atoms with Crippen LogP contribution < -0.4 is 0 Å². The fraction of sp³-hybridized carbons (Fsp3) is 0.0625. The van der Waals surface area contributed by atoms with E-state index in [-0.39, 0.29) is 40.2 Å². The molecule has 0 saturated carbocycles. The van der Waals surface area contributed by atoms with Gasteiger partial charge in [-0.3, -0.25) is 0 Å². The molecule has 0 aliphatic carbocycles. The van der Waals surface area contributed by atoms with Gasteiger partial charge in [0.05, 0.1) is 5.58 Å². The molecule has 10 aromatic carbocycles. The van der Waals surface area contributed by atoms with Gasteiger partial charge in [-0.15, -0.1) is 53.6 Å². The third-order valence-corrected chi connectivity index (χ3v) is 16.8. The van der Waals surface area contributed by atoms with Gasteiger partial charge in [0.1, 0.15) is 0 Å². The van der Waals surface area contributed by atoms with Gasteiger partial charge in [0.25, 0.3) is 0 Å². The minimum atomic E-state index is 0. The van der Waals surface area contributed by atoms with Gasteiger partial charge >= 0.3 is 0 Å². The Morgan fingerprint density at radius 1 is 0.326 bits per heavy atom. The summed E-state index contributed by atoms with van der Waals surface area (Å²) >= 11 is 0. The topological polar surface area (TPSA) is 51.8 Å². The third-order valence-electron chi connectivity index (χ3n) is 16.8. The minimum Gasteiger partial charge on any atom is -0.486 e. The normalized spacial score (nSPS) is 11.1. The van der Waals surface area contributed by atoms with Crippen molar-refractivity contribution in [1.82, 2.24) is 15.0 Å². The zero-order valence-corrected chi connectivity index (χ0v) is 53.0. The van der Waals surface area contributed by atoms with Gasteiger partial charge in [-0.05, 0) is 194 Å². The van der Waals surface area contributed by atoms with Crippen molar-refractivity contribution in [3.63, 3.8) is 0 Å². The molecular formula is C80H57Ir2N3O-2. The summed E-state index contributed by atoms with van der Waals surface area (Å²) in [5.74, 6) is 0. The number of furan rings is 1. The maximum absolute atomic E-state index is 6.34. The molecular weight excluding hydrogens is 1400 g/mol. The Labute approximate surface area is 530 Å². The van der Waals surface area contributed by atoms with Crippen molar-refractivity contribution < 1.29 is 44.6 Å². The standard InChI is InChI=1S/C80H57N3O.2Ir/c1-50-38-40-71-70-36-21-37-72(79(70)84-80(71)83-50)75-41-39-62(48-81-75)66-32-15-17-34-68(66)77-51(2)53(4)78(54(5)52(77)3)69-35-18-16-33-67(69)74-49-82-76(47-73(74)57-26-13-8-14-27-57)61-31-20-29-59(43-61)58-28-19-30-60(42-58)65-45-63(55-22-9-6-10-23-55)44-64(46-65)56-24-11-7-12-25-56;;/h6-30,32-36,38-49H,1-5H3;;/q-2;;. The molecule has 0 spiro atoms. The third kappa shape index (κ3) is 10.7. The quantitative estimate of drug-likeness (QED) is 0.121. The van der Waals surface area contributed by atoms with Crippen LogP contribution >= 0.6 is 0 Å². The van der Waals surface area contributed by atoms with Gasteiger partial charge in [-0.2, -0.15) is 0 Å². The molecule has 0 unspecified atom stereocenters. The van der Waals surface area contributed by atoms with Crippen LogP contribution in [-0.2, 0) is 40.2 Å². The summed E-state index contributed by atoms with van der Waals surface area (Å²) in [6.45, 7) is 11.1. The van der Waals surface area contributed by atoms with Gasteiger partial charge in [0, 0.05) is 69.2 Å². The molecule has 0 aliphatic rings. The molecule has 4 nitrogen and oxygen atoms in total. The molecule has 0 fully saturated rings. The zero-order valence-electron chi connectivity index (χ0n) is 48.2. The van der Waals surface area contributed by atoms with Crippen LogP contribution in [0.15, 0.2) is 259 Å². The Morgan fingerprint density at radius 3 is 1.44 bits per heavy atom. The van der Waals surface area contributed by atoms with E-state index in [2.05, 4.69) is 269 Å². The zero-order chi connectivity index (χ0) is 56.8. The van der Waals surface area contributed by atoms with E-state index in [0.717, 1.165) is 94.6 Å². The van der Waals surface area contributed by atoms with Crippen molar-refractivity contribution in [3.8, 4) is 123 Å².